The summed E-state index contributed by atoms with van der Waals surface area (Å²) in [5.41, 5.74) is 0.118. The zero-order valence-electron chi connectivity index (χ0n) is 15.7. The fourth-order valence-corrected chi connectivity index (χ4v) is 3.25. The van der Waals surface area contributed by atoms with Gasteiger partial charge in [-0.05, 0) is 49.9 Å². The van der Waals surface area contributed by atoms with Gasteiger partial charge in [0.15, 0.2) is 5.96 Å². The molecular weight excluding hydrogens is 341 g/mol. The van der Waals surface area contributed by atoms with Crippen LogP contribution in [0.25, 0.3) is 0 Å². The van der Waals surface area contributed by atoms with Crippen LogP contribution in [0.1, 0.15) is 36.8 Å². The second-order valence-corrected chi connectivity index (χ2v) is 7.11. The van der Waals surface area contributed by atoms with Crippen molar-refractivity contribution in [2.45, 2.75) is 31.9 Å². The molecule has 1 aliphatic rings. The van der Waals surface area contributed by atoms with E-state index in [0.29, 0.717) is 18.0 Å². The Morgan fingerprint density at radius 2 is 2.12 bits per heavy atom. The second kappa shape index (κ2) is 9.26. The normalized spacial score (nSPS) is 20.2. The molecule has 146 valence electrons. The molecule has 0 spiro atoms. The van der Waals surface area contributed by atoms with E-state index in [-0.39, 0.29) is 5.92 Å². The number of hydrogen-bond acceptors (Lipinski definition) is 2. The van der Waals surface area contributed by atoms with Crippen LogP contribution in [0.4, 0.5) is 13.2 Å². The third-order valence-corrected chi connectivity index (χ3v) is 4.92. The van der Waals surface area contributed by atoms with Crippen molar-refractivity contribution >= 4 is 5.96 Å². The molecule has 0 amide bonds. The number of hydrogen-bond donors (Lipinski definition) is 2. The van der Waals surface area contributed by atoms with Crippen LogP contribution in [0.2, 0.25) is 0 Å². The van der Waals surface area contributed by atoms with Crippen LogP contribution < -0.4 is 10.6 Å². The first-order chi connectivity index (χ1) is 12.3. The van der Waals surface area contributed by atoms with Crippen molar-refractivity contribution in [3.63, 3.8) is 0 Å². The van der Waals surface area contributed by atoms with Gasteiger partial charge in [-0.2, -0.15) is 13.2 Å². The molecule has 1 saturated heterocycles. The monoisotopic (exact) mass is 370 g/mol. The van der Waals surface area contributed by atoms with Gasteiger partial charge in [-0.25, -0.2) is 0 Å². The van der Waals surface area contributed by atoms with Crippen molar-refractivity contribution in [2.24, 2.45) is 10.9 Å². The van der Waals surface area contributed by atoms with Crippen LogP contribution in [0, 0.1) is 5.92 Å². The van der Waals surface area contributed by atoms with E-state index in [0.717, 1.165) is 38.1 Å². The zero-order chi connectivity index (χ0) is 19.2. The summed E-state index contributed by atoms with van der Waals surface area (Å²) in [6.45, 7) is 5.71. The third-order valence-electron chi connectivity index (χ3n) is 4.92. The molecule has 2 N–H and O–H groups in total. The van der Waals surface area contributed by atoms with E-state index in [2.05, 4.69) is 27.6 Å². The number of alkyl halides is 3. The van der Waals surface area contributed by atoms with E-state index in [1.165, 1.54) is 18.6 Å². The molecule has 7 heteroatoms. The maximum atomic E-state index is 12.8. The molecule has 0 radical (unpaired) electrons. The van der Waals surface area contributed by atoms with Gasteiger partial charge in [0.05, 0.1) is 5.56 Å². The van der Waals surface area contributed by atoms with Gasteiger partial charge >= 0.3 is 6.18 Å². The van der Waals surface area contributed by atoms with Crippen LogP contribution in [-0.4, -0.2) is 51.1 Å². The van der Waals surface area contributed by atoms with Gasteiger partial charge in [0.25, 0.3) is 0 Å². The molecule has 2 atom stereocenters. The number of rotatable bonds is 6. The number of aliphatic imine (C=N–C) groups is 1. The Morgan fingerprint density at radius 1 is 1.35 bits per heavy atom. The average Bonchev–Trinajstić information content (AvgIpc) is 3.02. The quantitative estimate of drug-likeness (QED) is 0.596. The van der Waals surface area contributed by atoms with Crippen molar-refractivity contribution in [3.05, 3.63) is 35.4 Å². The second-order valence-electron chi connectivity index (χ2n) is 7.11. The van der Waals surface area contributed by atoms with Crippen molar-refractivity contribution < 1.29 is 13.2 Å². The highest BCUT2D eigenvalue weighted by atomic mass is 19.4. The first kappa shape index (κ1) is 20.6. The fourth-order valence-electron chi connectivity index (χ4n) is 3.25. The topological polar surface area (TPSA) is 39.7 Å². The predicted octanol–water partition coefficient (Wildman–Crippen LogP) is 3.32. The molecule has 0 aliphatic carbocycles. The number of nitrogens with one attached hydrogen (secondary N) is 2. The van der Waals surface area contributed by atoms with Gasteiger partial charge in [-0.1, -0.05) is 25.1 Å². The molecule has 1 heterocycles. The highest BCUT2D eigenvalue weighted by molar-refractivity contribution is 5.79. The molecule has 0 bridgehead atoms. The maximum absolute atomic E-state index is 12.8. The Kier molecular flexibility index (Phi) is 7.32. The highest BCUT2D eigenvalue weighted by Gasteiger charge is 2.30. The van der Waals surface area contributed by atoms with Gasteiger partial charge in [-0.3, -0.25) is 4.99 Å². The molecule has 0 aromatic heterocycles. The molecule has 2 unspecified atom stereocenters. The lowest BCUT2D eigenvalue weighted by Crippen LogP contribution is -2.40. The minimum absolute atomic E-state index is 0.0337. The van der Waals surface area contributed by atoms with E-state index in [1.54, 1.807) is 13.1 Å². The van der Waals surface area contributed by atoms with Gasteiger partial charge in [0, 0.05) is 26.7 Å². The summed E-state index contributed by atoms with van der Waals surface area (Å²) in [6.07, 6.45) is -2.38. The van der Waals surface area contributed by atoms with E-state index >= 15 is 0 Å². The first-order valence-corrected chi connectivity index (χ1v) is 9.09. The van der Waals surface area contributed by atoms with Crippen molar-refractivity contribution in [1.82, 2.24) is 15.5 Å². The van der Waals surface area contributed by atoms with Crippen LogP contribution in [0.3, 0.4) is 0 Å². The third kappa shape index (κ3) is 6.20. The summed E-state index contributed by atoms with van der Waals surface area (Å²) in [5, 5.41) is 6.59. The standard InChI is InChI=1S/C19H29F3N4/c1-14(16-5-4-6-17(11-16)19(20,21)22)7-9-24-18(23-2)25-12-15-8-10-26(3)13-15/h4-6,11,14-15H,7-10,12-13H2,1-3H3,(H2,23,24,25). The van der Waals surface area contributed by atoms with E-state index < -0.39 is 11.7 Å². The first-order valence-electron chi connectivity index (χ1n) is 9.09. The Morgan fingerprint density at radius 3 is 2.73 bits per heavy atom. The number of likely N-dealkylation sites (tertiary alicyclic amines) is 1. The Hall–Kier alpha value is -1.76. The minimum Gasteiger partial charge on any atom is -0.356 e. The van der Waals surface area contributed by atoms with Gasteiger partial charge < -0.3 is 15.5 Å². The van der Waals surface area contributed by atoms with E-state index in [4.69, 9.17) is 0 Å². The largest absolute Gasteiger partial charge is 0.416 e. The van der Waals surface area contributed by atoms with Gasteiger partial charge in [0.2, 0.25) is 0 Å². The molecule has 4 nitrogen and oxygen atoms in total. The summed E-state index contributed by atoms with van der Waals surface area (Å²) < 4.78 is 38.5. The summed E-state index contributed by atoms with van der Waals surface area (Å²) in [5.74, 6) is 1.41. The molecule has 1 aromatic carbocycles. The van der Waals surface area contributed by atoms with Crippen molar-refractivity contribution in [3.8, 4) is 0 Å². The van der Waals surface area contributed by atoms with Crippen molar-refractivity contribution in [2.75, 3.05) is 40.3 Å². The number of nitrogens with zero attached hydrogens (tertiary/aromatic N) is 2. The van der Waals surface area contributed by atoms with Crippen molar-refractivity contribution in [1.29, 1.82) is 0 Å². The molecule has 0 saturated carbocycles. The predicted molar refractivity (Wildman–Crippen MR) is 99.4 cm³/mol. The SMILES string of the molecule is CN=C(NCCC(C)c1cccc(C(F)(F)F)c1)NCC1CCN(C)C1. The van der Waals surface area contributed by atoms with E-state index in [1.807, 2.05) is 6.92 Å². The summed E-state index contributed by atoms with van der Waals surface area (Å²) in [7, 11) is 3.86. The van der Waals surface area contributed by atoms with Crippen LogP contribution in [-0.2, 0) is 6.18 Å². The number of halogens is 3. The lowest BCUT2D eigenvalue weighted by atomic mass is 9.96. The molecule has 1 aromatic rings. The fraction of sp³-hybridized carbons (Fsp3) is 0.632. The van der Waals surface area contributed by atoms with Crippen LogP contribution in [0.5, 0.6) is 0 Å². The molecule has 26 heavy (non-hydrogen) atoms. The average molecular weight is 370 g/mol. The molecule has 2 rings (SSSR count). The number of benzene rings is 1. The maximum Gasteiger partial charge on any atom is 0.416 e. The van der Waals surface area contributed by atoms with Gasteiger partial charge in [0.1, 0.15) is 0 Å². The summed E-state index contributed by atoms with van der Waals surface area (Å²) in [6, 6.07) is 5.58. The molecule has 1 aliphatic heterocycles. The Labute approximate surface area is 153 Å². The zero-order valence-corrected chi connectivity index (χ0v) is 15.7. The minimum atomic E-state index is -4.30. The highest BCUT2D eigenvalue weighted by Crippen LogP contribution is 2.31. The summed E-state index contributed by atoms with van der Waals surface area (Å²) >= 11 is 0. The number of guanidine groups is 1. The van der Waals surface area contributed by atoms with Crippen LogP contribution >= 0.6 is 0 Å². The van der Waals surface area contributed by atoms with E-state index in [9.17, 15) is 13.2 Å². The Bertz CT molecular complexity index is 601. The Balaban J connectivity index is 1.77. The smallest absolute Gasteiger partial charge is 0.356 e. The lowest BCUT2D eigenvalue weighted by molar-refractivity contribution is -0.137. The summed E-state index contributed by atoms with van der Waals surface area (Å²) in [4.78, 5) is 6.53. The molecule has 1 fully saturated rings. The lowest BCUT2D eigenvalue weighted by Gasteiger charge is -2.18. The van der Waals surface area contributed by atoms with Crippen LogP contribution in [0.15, 0.2) is 29.3 Å². The molecular formula is C19H29F3N4. The van der Waals surface area contributed by atoms with Gasteiger partial charge in [-0.15, -0.1) is 0 Å².